The van der Waals surface area contributed by atoms with Gasteiger partial charge in [-0.05, 0) is 6.92 Å². The van der Waals surface area contributed by atoms with E-state index in [9.17, 15) is 4.79 Å². The van der Waals surface area contributed by atoms with Crippen LogP contribution in [-0.2, 0) is 4.79 Å². The Bertz CT molecular complexity index is 140. The lowest BCUT2D eigenvalue weighted by molar-refractivity contribution is -0.117. The molecule has 11 heavy (non-hydrogen) atoms. The maximum Gasteiger partial charge on any atom is 0.147 e. The van der Waals surface area contributed by atoms with Gasteiger partial charge in [0.05, 0.1) is 6.04 Å². The Kier molecular flexibility index (Phi) is 4.11. The van der Waals surface area contributed by atoms with Gasteiger partial charge in [-0.3, -0.25) is 4.79 Å². The Morgan fingerprint density at radius 1 is 1.55 bits per heavy atom. The van der Waals surface area contributed by atoms with E-state index in [4.69, 9.17) is 5.73 Å². The quantitative estimate of drug-likeness (QED) is 0.705. The summed E-state index contributed by atoms with van der Waals surface area (Å²) in [5.41, 5.74) is 5.55. The van der Waals surface area contributed by atoms with Crippen LogP contribution in [0, 0.1) is 0 Å². The Hall–Kier alpha value is -0.0200. The Labute approximate surface area is 72.9 Å². The van der Waals surface area contributed by atoms with E-state index >= 15 is 0 Å². The third-order valence-corrected chi connectivity index (χ3v) is 2.61. The lowest BCUT2D eigenvalue weighted by Gasteiger charge is -2.19. The Balaban J connectivity index is 3.63. The van der Waals surface area contributed by atoms with Gasteiger partial charge in [-0.15, -0.1) is 0 Å². The third-order valence-electron chi connectivity index (χ3n) is 1.22. The summed E-state index contributed by atoms with van der Waals surface area (Å²) >= 11 is 1.72. The van der Waals surface area contributed by atoms with Gasteiger partial charge in [-0.1, -0.05) is 20.8 Å². The summed E-state index contributed by atoms with van der Waals surface area (Å²) in [5, 5.41) is 0. The van der Waals surface area contributed by atoms with Gasteiger partial charge in [0.25, 0.3) is 0 Å². The number of carbonyl (C=O) groups excluding carboxylic acids is 1. The van der Waals surface area contributed by atoms with Crippen LogP contribution in [-0.4, -0.2) is 22.3 Å². The fourth-order valence-electron chi connectivity index (χ4n) is 0.457. The zero-order valence-corrected chi connectivity index (χ0v) is 8.49. The normalized spacial score (nSPS) is 14.6. The van der Waals surface area contributed by atoms with Gasteiger partial charge in [0.1, 0.15) is 5.78 Å². The van der Waals surface area contributed by atoms with Crippen molar-refractivity contribution in [3.63, 3.8) is 0 Å². The molecule has 0 aromatic carbocycles. The first-order valence-electron chi connectivity index (χ1n) is 3.73. The molecule has 1 unspecified atom stereocenters. The van der Waals surface area contributed by atoms with E-state index in [1.54, 1.807) is 11.8 Å². The Morgan fingerprint density at radius 3 is 2.27 bits per heavy atom. The molecule has 0 aliphatic carbocycles. The lowest BCUT2D eigenvalue weighted by Crippen LogP contribution is -2.32. The van der Waals surface area contributed by atoms with Crippen LogP contribution in [0.3, 0.4) is 0 Å². The molecule has 0 radical (unpaired) electrons. The van der Waals surface area contributed by atoms with Crippen molar-refractivity contribution in [2.75, 3.05) is 5.75 Å². The minimum Gasteiger partial charge on any atom is -0.321 e. The van der Waals surface area contributed by atoms with E-state index in [1.165, 1.54) is 6.92 Å². The standard InChI is InChI=1S/C8H17NOS/c1-6(10)7(9)5-11-8(2,3)4/h7H,5,9H2,1-4H3. The molecule has 0 aliphatic heterocycles. The molecule has 66 valence electrons. The van der Waals surface area contributed by atoms with Crippen LogP contribution < -0.4 is 5.73 Å². The molecule has 0 saturated heterocycles. The van der Waals surface area contributed by atoms with Crippen LogP contribution in [0.4, 0.5) is 0 Å². The number of hydrogen-bond donors (Lipinski definition) is 1. The number of carbonyl (C=O) groups is 1. The predicted molar refractivity (Wildman–Crippen MR) is 50.9 cm³/mol. The van der Waals surface area contributed by atoms with Crippen molar-refractivity contribution in [2.45, 2.75) is 38.5 Å². The van der Waals surface area contributed by atoms with Crippen molar-refractivity contribution < 1.29 is 4.79 Å². The minimum absolute atomic E-state index is 0.0711. The third kappa shape index (κ3) is 6.38. The highest BCUT2D eigenvalue weighted by molar-refractivity contribution is 8.00. The number of Topliss-reactive ketones (excluding diaryl/α,β-unsaturated/α-hetero) is 1. The molecule has 0 aromatic heterocycles. The topological polar surface area (TPSA) is 43.1 Å². The first kappa shape index (κ1) is 11.0. The summed E-state index contributed by atoms with van der Waals surface area (Å²) in [6, 6.07) is -0.292. The van der Waals surface area contributed by atoms with Crippen molar-refractivity contribution in [3.05, 3.63) is 0 Å². The molecule has 0 aromatic rings. The first-order chi connectivity index (χ1) is 4.83. The zero-order chi connectivity index (χ0) is 9.07. The van der Waals surface area contributed by atoms with Gasteiger partial charge in [-0.2, -0.15) is 11.8 Å². The van der Waals surface area contributed by atoms with Gasteiger partial charge >= 0.3 is 0 Å². The van der Waals surface area contributed by atoms with Crippen molar-refractivity contribution >= 4 is 17.5 Å². The van der Waals surface area contributed by atoms with Crippen molar-refractivity contribution in [2.24, 2.45) is 5.73 Å². The van der Waals surface area contributed by atoms with Crippen LogP contribution >= 0.6 is 11.8 Å². The average Bonchev–Trinajstić information content (AvgIpc) is 1.80. The molecule has 0 fully saturated rings. The Morgan fingerprint density at radius 2 is 2.00 bits per heavy atom. The van der Waals surface area contributed by atoms with Gasteiger partial charge in [0.2, 0.25) is 0 Å². The number of thioether (sulfide) groups is 1. The van der Waals surface area contributed by atoms with Crippen LogP contribution in [0.5, 0.6) is 0 Å². The second-order valence-corrected chi connectivity index (χ2v) is 5.49. The van der Waals surface area contributed by atoms with Gasteiger partial charge in [-0.25, -0.2) is 0 Å². The minimum atomic E-state index is -0.292. The predicted octanol–water partition coefficient (Wildman–Crippen LogP) is 1.43. The van der Waals surface area contributed by atoms with Crippen LogP contribution in [0.25, 0.3) is 0 Å². The maximum atomic E-state index is 10.7. The van der Waals surface area contributed by atoms with Crippen LogP contribution in [0.2, 0.25) is 0 Å². The second kappa shape index (κ2) is 4.12. The molecule has 0 spiro atoms. The highest BCUT2D eigenvalue weighted by Gasteiger charge is 2.15. The summed E-state index contributed by atoms with van der Waals surface area (Å²) in [4.78, 5) is 10.7. The summed E-state index contributed by atoms with van der Waals surface area (Å²) in [6.07, 6.45) is 0. The van der Waals surface area contributed by atoms with Gasteiger partial charge in [0, 0.05) is 10.5 Å². The molecule has 3 heteroatoms. The summed E-state index contributed by atoms with van der Waals surface area (Å²) in [7, 11) is 0. The molecule has 2 N–H and O–H groups in total. The molecule has 2 nitrogen and oxygen atoms in total. The lowest BCUT2D eigenvalue weighted by atomic mass is 10.2. The van der Waals surface area contributed by atoms with E-state index in [0.29, 0.717) is 0 Å². The van der Waals surface area contributed by atoms with Crippen LogP contribution in [0.1, 0.15) is 27.7 Å². The molecule has 0 rings (SSSR count). The highest BCUT2D eigenvalue weighted by Crippen LogP contribution is 2.23. The largest absolute Gasteiger partial charge is 0.321 e. The van der Waals surface area contributed by atoms with Gasteiger partial charge in [0.15, 0.2) is 0 Å². The van der Waals surface area contributed by atoms with Crippen molar-refractivity contribution in [3.8, 4) is 0 Å². The highest BCUT2D eigenvalue weighted by atomic mass is 32.2. The molecular weight excluding hydrogens is 158 g/mol. The average molecular weight is 175 g/mol. The summed E-state index contributed by atoms with van der Waals surface area (Å²) < 4.78 is 0.201. The molecule has 1 atom stereocenters. The molecule has 0 aliphatic rings. The second-order valence-electron chi connectivity index (χ2n) is 3.64. The number of hydrogen-bond acceptors (Lipinski definition) is 3. The van der Waals surface area contributed by atoms with E-state index in [1.807, 2.05) is 0 Å². The summed E-state index contributed by atoms with van der Waals surface area (Å²) in [5.74, 6) is 0.792. The van der Waals surface area contributed by atoms with E-state index in [2.05, 4.69) is 20.8 Å². The van der Waals surface area contributed by atoms with Gasteiger partial charge < -0.3 is 5.73 Å². The smallest absolute Gasteiger partial charge is 0.147 e. The van der Waals surface area contributed by atoms with Crippen LogP contribution in [0.15, 0.2) is 0 Å². The van der Waals surface area contributed by atoms with E-state index < -0.39 is 0 Å². The fraction of sp³-hybridized carbons (Fsp3) is 0.875. The van der Waals surface area contributed by atoms with Crippen molar-refractivity contribution in [1.29, 1.82) is 0 Å². The SMILES string of the molecule is CC(=O)C(N)CSC(C)(C)C. The molecule has 0 amide bonds. The first-order valence-corrected chi connectivity index (χ1v) is 4.71. The number of rotatable bonds is 3. The monoisotopic (exact) mass is 175 g/mol. The fourth-order valence-corrected chi connectivity index (χ4v) is 1.37. The zero-order valence-electron chi connectivity index (χ0n) is 7.68. The van der Waals surface area contributed by atoms with E-state index in [0.717, 1.165) is 5.75 Å². The number of ketones is 1. The molecule has 0 bridgehead atoms. The molecular formula is C8H17NOS. The van der Waals surface area contributed by atoms with Crippen molar-refractivity contribution in [1.82, 2.24) is 0 Å². The molecule has 0 heterocycles. The number of nitrogens with two attached hydrogens (primary N) is 1. The summed E-state index contributed by atoms with van der Waals surface area (Å²) in [6.45, 7) is 7.88. The van der Waals surface area contributed by atoms with E-state index in [-0.39, 0.29) is 16.6 Å². The molecule has 0 saturated carbocycles. The maximum absolute atomic E-state index is 10.7.